The lowest BCUT2D eigenvalue weighted by atomic mass is 10.2. The molecule has 0 bridgehead atoms. The van der Waals surface area contributed by atoms with Crippen molar-refractivity contribution >= 4 is 45.2 Å². The van der Waals surface area contributed by atoms with Crippen LogP contribution in [-0.4, -0.2) is 58.9 Å². The molecular weight excluding hydrogens is 394 g/mol. The minimum absolute atomic E-state index is 0.0348. The van der Waals surface area contributed by atoms with E-state index in [9.17, 15) is 4.79 Å². The number of anilines is 3. The molecule has 1 unspecified atom stereocenters. The first-order chi connectivity index (χ1) is 14.0. The molecule has 3 aromatic rings. The van der Waals surface area contributed by atoms with Crippen LogP contribution in [0.25, 0.3) is 10.3 Å². The summed E-state index contributed by atoms with van der Waals surface area (Å²) in [6.45, 7) is 3.68. The Morgan fingerprint density at radius 1 is 1.34 bits per heavy atom. The van der Waals surface area contributed by atoms with Gasteiger partial charge < -0.3 is 20.2 Å². The average Bonchev–Trinajstić information content (AvgIpc) is 3.16. The predicted molar refractivity (Wildman–Crippen MR) is 111 cm³/mol. The summed E-state index contributed by atoms with van der Waals surface area (Å²) in [5.41, 5.74) is 8.93. The van der Waals surface area contributed by atoms with Crippen LogP contribution in [0, 0.1) is 0 Å². The zero-order valence-corrected chi connectivity index (χ0v) is 16.8. The highest BCUT2D eigenvalue weighted by Gasteiger charge is 2.29. The second-order valence-electron chi connectivity index (χ2n) is 6.58. The summed E-state index contributed by atoms with van der Waals surface area (Å²) in [4.78, 5) is 33.6. The highest BCUT2D eigenvalue weighted by atomic mass is 32.1. The smallest absolute Gasteiger partial charge is 0.430 e. The molecule has 1 saturated heterocycles. The number of aromatic nitrogens is 3. The highest BCUT2D eigenvalue weighted by molar-refractivity contribution is 7.16. The van der Waals surface area contributed by atoms with E-state index in [0.29, 0.717) is 36.9 Å². The van der Waals surface area contributed by atoms with Gasteiger partial charge in [-0.05, 0) is 19.1 Å². The van der Waals surface area contributed by atoms with Crippen molar-refractivity contribution in [3.05, 3.63) is 29.8 Å². The van der Waals surface area contributed by atoms with E-state index in [1.807, 2.05) is 6.92 Å². The van der Waals surface area contributed by atoms with Crippen molar-refractivity contribution in [2.45, 2.75) is 13.0 Å². The minimum Gasteiger partial charge on any atom is -0.497 e. The molecule has 29 heavy (non-hydrogen) atoms. The van der Waals surface area contributed by atoms with Gasteiger partial charge >= 0.3 is 6.09 Å². The number of nitrogens with zero attached hydrogens (tertiary/aromatic N) is 5. The Balaban J connectivity index is 1.40. The van der Waals surface area contributed by atoms with Crippen molar-refractivity contribution < 1.29 is 14.4 Å². The maximum Gasteiger partial charge on any atom is 0.430 e. The number of nitrogens with two attached hydrogens (primary N) is 1. The number of fused-ring (bicyclic) bond motifs is 1. The second-order valence-corrected chi connectivity index (χ2v) is 7.41. The summed E-state index contributed by atoms with van der Waals surface area (Å²) in [6, 6.07) is 7.12. The number of benzene rings is 1. The lowest BCUT2D eigenvalue weighted by molar-refractivity contribution is -0.103. The molecule has 1 atom stereocenters. The standard InChI is InChI=1S/C18H21N7O3S/c1-11-9-24(28-18(26)21-12-4-3-5-13(8-12)27-2)6-7-25(11)15-14-16(29-10-20-14)23-17(19)22-15/h3-5,8,10-11H,6-7,9H2,1-2H3,(H,21,26)(H2,19,22,23). The van der Waals surface area contributed by atoms with Gasteiger partial charge in [-0.1, -0.05) is 6.07 Å². The molecule has 152 valence electrons. The SMILES string of the molecule is COc1cccc(NC(=O)ON2CCN(c3nc(N)nc4scnc34)C(C)C2)c1. The summed E-state index contributed by atoms with van der Waals surface area (Å²) in [5.74, 6) is 1.59. The zero-order valence-electron chi connectivity index (χ0n) is 16.0. The van der Waals surface area contributed by atoms with Crippen molar-refractivity contribution in [1.82, 2.24) is 20.0 Å². The van der Waals surface area contributed by atoms with E-state index in [1.54, 1.807) is 41.9 Å². The van der Waals surface area contributed by atoms with Gasteiger partial charge in [0.05, 0.1) is 25.7 Å². The topological polar surface area (TPSA) is 119 Å². The number of carbonyl (C=O) groups is 1. The van der Waals surface area contributed by atoms with Crippen LogP contribution in [0.1, 0.15) is 6.92 Å². The third-order valence-electron chi connectivity index (χ3n) is 4.59. The van der Waals surface area contributed by atoms with Crippen LogP contribution in [0.3, 0.4) is 0 Å². The molecule has 0 radical (unpaired) electrons. The molecule has 10 nitrogen and oxygen atoms in total. The van der Waals surface area contributed by atoms with Crippen LogP contribution in [0.2, 0.25) is 0 Å². The molecule has 3 N–H and O–H groups in total. The largest absolute Gasteiger partial charge is 0.497 e. The molecule has 3 heterocycles. The number of hydroxylamine groups is 2. The average molecular weight is 415 g/mol. The molecule has 1 aromatic carbocycles. The van der Waals surface area contributed by atoms with Crippen molar-refractivity contribution in [2.24, 2.45) is 0 Å². The molecule has 0 saturated carbocycles. The van der Waals surface area contributed by atoms with Crippen LogP contribution in [0.4, 0.5) is 22.2 Å². The Hall–Kier alpha value is -3.18. The Labute approximate surface area is 171 Å². The molecular formula is C18H21N7O3S. The number of methoxy groups -OCH3 is 1. The third-order valence-corrected chi connectivity index (χ3v) is 5.31. The molecule has 1 amide bonds. The Morgan fingerprint density at radius 2 is 2.21 bits per heavy atom. The van der Waals surface area contributed by atoms with Gasteiger partial charge in [0.15, 0.2) is 10.6 Å². The maximum absolute atomic E-state index is 12.2. The number of ether oxygens (including phenoxy) is 1. The summed E-state index contributed by atoms with van der Waals surface area (Å²) in [5, 5.41) is 4.35. The Bertz CT molecular complexity index is 1030. The van der Waals surface area contributed by atoms with Gasteiger partial charge in [0.25, 0.3) is 0 Å². The monoisotopic (exact) mass is 415 g/mol. The second kappa shape index (κ2) is 8.05. The number of amides is 1. The number of thiazole rings is 1. The molecule has 0 spiro atoms. The van der Waals surface area contributed by atoms with Gasteiger partial charge in [-0.3, -0.25) is 5.32 Å². The Kier molecular flexibility index (Phi) is 5.32. The molecule has 11 heteroatoms. The zero-order chi connectivity index (χ0) is 20.4. The highest BCUT2D eigenvalue weighted by Crippen LogP contribution is 2.28. The number of nitrogen functional groups attached to an aromatic ring is 1. The lowest BCUT2D eigenvalue weighted by Gasteiger charge is -2.39. The first-order valence-electron chi connectivity index (χ1n) is 9.05. The molecule has 1 aliphatic heterocycles. The summed E-state index contributed by atoms with van der Waals surface area (Å²) < 4.78 is 5.16. The summed E-state index contributed by atoms with van der Waals surface area (Å²) in [6.07, 6.45) is -0.549. The van der Waals surface area contributed by atoms with Crippen LogP contribution in [-0.2, 0) is 4.84 Å². The number of rotatable bonds is 4. The molecule has 1 aliphatic rings. The van der Waals surface area contributed by atoms with E-state index < -0.39 is 6.09 Å². The number of hydrogen-bond acceptors (Lipinski definition) is 10. The van der Waals surface area contributed by atoms with Crippen molar-refractivity contribution in [2.75, 3.05) is 42.7 Å². The fraction of sp³-hybridized carbons (Fsp3) is 0.333. The van der Waals surface area contributed by atoms with Gasteiger partial charge in [0.2, 0.25) is 5.95 Å². The molecule has 4 rings (SSSR count). The van der Waals surface area contributed by atoms with E-state index in [4.69, 9.17) is 15.3 Å². The van der Waals surface area contributed by atoms with Crippen LogP contribution in [0.15, 0.2) is 29.8 Å². The van der Waals surface area contributed by atoms with Crippen molar-refractivity contribution in [3.8, 4) is 5.75 Å². The third kappa shape index (κ3) is 4.15. The van der Waals surface area contributed by atoms with Gasteiger partial charge in [-0.25, -0.2) is 14.8 Å². The number of piperazine rings is 1. The van der Waals surface area contributed by atoms with E-state index in [-0.39, 0.29) is 12.0 Å². The number of carbonyl (C=O) groups excluding carboxylic acids is 1. The normalized spacial score (nSPS) is 17.3. The first-order valence-corrected chi connectivity index (χ1v) is 9.93. The van der Waals surface area contributed by atoms with Crippen molar-refractivity contribution in [1.29, 1.82) is 0 Å². The Morgan fingerprint density at radius 3 is 3.00 bits per heavy atom. The van der Waals surface area contributed by atoms with Crippen LogP contribution in [0.5, 0.6) is 5.75 Å². The number of nitrogens with one attached hydrogen (secondary N) is 1. The number of hydrogen-bond donors (Lipinski definition) is 2. The molecule has 0 aliphatic carbocycles. The van der Waals surface area contributed by atoms with Gasteiger partial charge in [0, 0.05) is 24.3 Å². The van der Waals surface area contributed by atoms with Gasteiger partial charge in [-0.15, -0.1) is 16.4 Å². The maximum atomic E-state index is 12.2. The van der Waals surface area contributed by atoms with E-state index in [2.05, 4.69) is 25.2 Å². The fourth-order valence-electron chi connectivity index (χ4n) is 3.24. The van der Waals surface area contributed by atoms with Crippen molar-refractivity contribution in [3.63, 3.8) is 0 Å². The lowest BCUT2D eigenvalue weighted by Crippen LogP contribution is -2.53. The van der Waals surface area contributed by atoms with Crippen LogP contribution < -0.4 is 20.7 Å². The molecule has 2 aromatic heterocycles. The van der Waals surface area contributed by atoms with Crippen LogP contribution >= 0.6 is 11.3 Å². The van der Waals surface area contributed by atoms with E-state index >= 15 is 0 Å². The van der Waals surface area contributed by atoms with Gasteiger partial charge in [0.1, 0.15) is 11.3 Å². The minimum atomic E-state index is -0.549. The summed E-state index contributed by atoms with van der Waals surface area (Å²) >= 11 is 1.43. The first kappa shape index (κ1) is 19.2. The van der Waals surface area contributed by atoms with Gasteiger partial charge in [-0.2, -0.15) is 4.98 Å². The summed E-state index contributed by atoms with van der Waals surface area (Å²) in [7, 11) is 1.57. The molecule has 1 fully saturated rings. The van der Waals surface area contributed by atoms with E-state index in [1.165, 1.54) is 11.3 Å². The predicted octanol–water partition coefficient (Wildman–Crippen LogP) is 2.35. The fourth-order valence-corrected chi connectivity index (χ4v) is 3.90. The quantitative estimate of drug-likeness (QED) is 0.662. The van der Waals surface area contributed by atoms with E-state index in [0.717, 1.165) is 10.3 Å².